The van der Waals surface area contributed by atoms with Crippen LogP contribution in [0.5, 0.6) is 0 Å². The number of nitrogens with zero attached hydrogens (tertiary/aromatic N) is 3. The number of halogens is 2. The molecule has 1 aliphatic rings. The molecular weight excluding hydrogens is 539 g/mol. The number of carbonyl (C=O) groups is 2. The molecule has 9 heteroatoms. The number of aryl methyl sites for hydroxylation is 2. The SMILES string of the molecule is Cc1cc([C@@H](NC(=O)c2cc(Br)cc(Cn3ccn(C)c3=NC(=O)OC(C)(C)C)c2)C2CC2)ccc1F. The molecular formula is C28H32BrFN4O3. The van der Waals surface area contributed by atoms with Crippen molar-refractivity contribution >= 4 is 27.9 Å². The van der Waals surface area contributed by atoms with Crippen molar-refractivity contribution in [3.8, 4) is 0 Å². The summed E-state index contributed by atoms with van der Waals surface area (Å²) in [4.78, 5) is 29.8. The predicted octanol–water partition coefficient (Wildman–Crippen LogP) is 5.80. The lowest BCUT2D eigenvalue weighted by atomic mass is 9.99. The Morgan fingerprint density at radius 1 is 1.19 bits per heavy atom. The number of amides is 2. The highest BCUT2D eigenvalue weighted by molar-refractivity contribution is 9.10. The van der Waals surface area contributed by atoms with Crippen molar-refractivity contribution in [1.82, 2.24) is 14.5 Å². The average Bonchev–Trinajstić information content (AvgIpc) is 3.59. The fourth-order valence-corrected chi connectivity index (χ4v) is 4.75. The van der Waals surface area contributed by atoms with Crippen LogP contribution in [-0.4, -0.2) is 26.7 Å². The topological polar surface area (TPSA) is 77.6 Å². The third-order valence-electron chi connectivity index (χ3n) is 6.12. The maximum absolute atomic E-state index is 13.8. The molecule has 0 aliphatic heterocycles. The fraction of sp³-hybridized carbons (Fsp3) is 0.393. The molecule has 1 saturated carbocycles. The summed E-state index contributed by atoms with van der Waals surface area (Å²) in [7, 11) is 1.80. The smallest absolute Gasteiger partial charge is 0.437 e. The van der Waals surface area contributed by atoms with Gasteiger partial charge in [-0.25, -0.2) is 9.18 Å². The summed E-state index contributed by atoms with van der Waals surface area (Å²) in [5.74, 6) is -0.104. The number of hydrogen-bond acceptors (Lipinski definition) is 3. The van der Waals surface area contributed by atoms with Crippen molar-refractivity contribution in [2.75, 3.05) is 0 Å². The standard InChI is InChI=1S/C28H32BrFN4O3/c1-17-12-20(8-9-23(17)30)24(19-6-7-19)31-25(35)21-13-18(14-22(29)15-21)16-34-11-10-33(5)26(34)32-27(36)37-28(2,3)4/h8-15,19,24H,6-7,16H2,1-5H3,(H,31,35)/t24-/m0/s1. The van der Waals surface area contributed by atoms with Crippen LogP contribution in [0.2, 0.25) is 0 Å². The minimum absolute atomic E-state index is 0.169. The molecule has 1 fully saturated rings. The van der Waals surface area contributed by atoms with Gasteiger partial charge in [0.15, 0.2) is 0 Å². The van der Waals surface area contributed by atoms with Gasteiger partial charge in [0.1, 0.15) is 11.4 Å². The Balaban J connectivity index is 1.57. The van der Waals surface area contributed by atoms with Crippen molar-refractivity contribution < 1.29 is 18.7 Å². The number of imidazole rings is 1. The summed E-state index contributed by atoms with van der Waals surface area (Å²) in [5.41, 5.74) is 2.63. The van der Waals surface area contributed by atoms with Gasteiger partial charge in [-0.2, -0.15) is 0 Å². The van der Waals surface area contributed by atoms with Gasteiger partial charge in [-0.05, 0) is 87.4 Å². The molecule has 0 unspecified atom stereocenters. The lowest BCUT2D eigenvalue weighted by Crippen LogP contribution is -2.30. The largest absolute Gasteiger partial charge is 0.442 e. The number of ether oxygens (including phenoxy) is 1. The number of rotatable bonds is 6. The van der Waals surface area contributed by atoms with E-state index in [1.807, 2.05) is 29.0 Å². The maximum Gasteiger partial charge on any atom is 0.437 e. The highest BCUT2D eigenvalue weighted by Crippen LogP contribution is 2.41. The highest BCUT2D eigenvalue weighted by Gasteiger charge is 2.34. The van der Waals surface area contributed by atoms with Gasteiger partial charge in [-0.3, -0.25) is 4.79 Å². The molecule has 4 rings (SSSR count). The Bertz CT molecular complexity index is 1400. The first-order valence-corrected chi connectivity index (χ1v) is 13.0. The second-order valence-electron chi connectivity index (χ2n) is 10.6. The summed E-state index contributed by atoms with van der Waals surface area (Å²) in [6.45, 7) is 7.50. The van der Waals surface area contributed by atoms with Crippen LogP contribution in [0.15, 0.2) is 58.3 Å². The third-order valence-corrected chi connectivity index (χ3v) is 6.58. The monoisotopic (exact) mass is 570 g/mol. The van der Waals surface area contributed by atoms with E-state index in [2.05, 4.69) is 26.2 Å². The lowest BCUT2D eigenvalue weighted by molar-refractivity contribution is 0.0593. The number of carbonyl (C=O) groups excluding carboxylic acids is 2. The van der Waals surface area contributed by atoms with Gasteiger partial charge < -0.3 is 19.2 Å². The van der Waals surface area contributed by atoms with E-state index in [4.69, 9.17) is 4.74 Å². The van der Waals surface area contributed by atoms with Crippen LogP contribution in [-0.2, 0) is 18.3 Å². The van der Waals surface area contributed by atoms with Crippen LogP contribution in [0.3, 0.4) is 0 Å². The normalized spacial score (nSPS) is 14.9. The van der Waals surface area contributed by atoms with E-state index in [1.165, 1.54) is 6.07 Å². The van der Waals surface area contributed by atoms with Crippen LogP contribution in [0, 0.1) is 18.7 Å². The molecule has 0 bridgehead atoms. The number of benzene rings is 2. The van der Waals surface area contributed by atoms with E-state index < -0.39 is 11.7 Å². The minimum Gasteiger partial charge on any atom is -0.442 e. The number of hydrogen-bond donors (Lipinski definition) is 1. The summed E-state index contributed by atoms with van der Waals surface area (Å²) in [6, 6.07) is 10.4. The van der Waals surface area contributed by atoms with Gasteiger partial charge in [0.25, 0.3) is 5.91 Å². The van der Waals surface area contributed by atoms with Crippen LogP contribution in [0.4, 0.5) is 9.18 Å². The average molecular weight is 571 g/mol. The van der Waals surface area contributed by atoms with Crippen LogP contribution >= 0.6 is 15.9 Å². The molecule has 7 nitrogen and oxygen atoms in total. The first kappa shape index (κ1) is 26.9. The quantitative estimate of drug-likeness (QED) is 0.406. The van der Waals surface area contributed by atoms with Crippen molar-refractivity contribution in [1.29, 1.82) is 0 Å². The maximum atomic E-state index is 13.8. The molecule has 1 aromatic heterocycles. The van der Waals surface area contributed by atoms with E-state index in [0.29, 0.717) is 29.2 Å². The second kappa shape index (κ2) is 10.7. The first-order valence-electron chi connectivity index (χ1n) is 12.3. The summed E-state index contributed by atoms with van der Waals surface area (Å²) in [5, 5.41) is 3.17. The molecule has 2 amide bonds. The molecule has 0 saturated heterocycles. The zero-order valence-electron chi connectivity index (χ0n) is 21.7. The van der Waals surface area contributed by atoms with Gasteiger partial charge in [0, 0.05) is 29.5 Å². The molecule has 1 aliphatic carbocycles. The van der Waals surface area contributed by atoms with E-state index in [9.17, 15) is 14.0 Å². The van der Waals surface area contributed by atoms with E-state index >= 15 is 0 Å². The van der Waals surface area contributed by atoms with Gasteiger partial charge in [0.05, 0.1) is 12.6 Å². The first-order chi connectivity index (χ1) is 17.4. The Morgan fingerprint density at radius 3 is 2.57 bits per heavy atom. The van der Waals surface area contributed by atoms with Crippen LogP contribution in [0.1, 0.15) is 66.7 Å². The van der Waals surface area contributed by atoms with Crippen molar-refractivity contribution in [3.63, 3.8) is 0 Å². The van der Waals surface area contributed by atoms with Gasteiger partial charge >= 0.3 is 6.09 Å². The van der Waals surface area contributed by atoms with Crippen molar-refractivity contribution in [2.45, 2.75) is 58.7 Å². The zero-order valence-corrected chi connectivity index (χ0v) is 23.3. The second-order valence-corrected chi connectivity index (χ2v) is 11.5. The van der Waals surface area contributed by atoms with Crippen molar-refractivity contribution in [3.05, 3.63) is 87.0 Å². The fourth-order valence-electron chi connectivity index (χ4n) is 4.21. The Morgan fingerprint density at radius 2 is 1.92 bits per heavy atom. The zero-order chi connectivity index (χ0) is 26.9. The van der Waals surface area contributed by atoms with Crippen LogP contribution < -0.4 is 10.9 Å². The Labute approximate surface area is 224 Å². The number of nitrogens with one attached hydrogen (secondary N) is 1. The molecule has 0 radical (unpaired) electrons. The molecule has 0 spiro atoms. The summed E-state index contributed by atoms with van der Waals surface area (Å²) < 4.78 is 23.5. The molecule has 1 N–H and O–H groups in total. The molecule has 1 heterocycles. The van der Waals surface area contributed by atoms with E-state index in [0.717, 1.165) is 28.4 Å². The van der Waals surface area contributed by atoms with Gasteiger partial charge in [-0.15, -0.1) is 4.99 Å². The predicted molar refractivity (Wildman–Crippen MR) is 143 cm³/mol. The molecule has 1 atom stereocenters. The van der Waals surface area contributed by atoms with Gasteiger partial charge in [0.2, 0.25) is 5.62 Å². The lowest BCUT2D eigenvalue weighted by Gasteiger charge is -2.20. The minimum atomic E-state index is -0.667. The van der Waals surface area contributed by atoms with E-state index in [1.54, 1.807) is 57.6 Å². The molecule has 2 aromatic carbocycles. The van der Waals surface area contributed by atoms with Crippen LogP contribution in [0.25, 0.3) is 0 Å². The summed E-state index contributed by atoms with van der Waals surface area (Å²) in [6.07, 6.45) is 5.02. The summed E-state index contributed by atoms with van der Waals surface area (Å²) >= 11 is 3.53. The van der Waals surface area contributed by atoms with Crippen molar-refractivity contribution in [2.24, 2.45) is 18.0 Å². The van der Waals surface area contributed by atoms with Gasteiger partial charge in [-0.1, -0.05) is 28.1 Å². The molecule has 196 valence electrons. The Kier molecular flexibility index (Phi) is 7.73. The highest BCUT2D eigenvalue weighted by atomic mass is 79.9. The van der Waals surface area contributed by atoms with E-state index in [-0.39, 0.29) is 17.8 Å². The molecule has 3 aromatic rings. The Hall–Kier alpha value is -3.20. The molecule has 37 heavy (non-hydrogen) atoms. The third kappa shape index (κ3) is 6.97. The number of aromatic nitrogens is 2.